The van der Waals surface area contributed by atoms with Gasteiger partial charge in [-0.1, -0.05) is 6.42 Å². The van der Waals surface area contributed by atoms with Crippen LogP contribution in [0.2, 0.25) is 0 Å². The molecule has 0 spiro atoms. The Morgan fingerprint density at radius 1 is 1.24 bits per heavy atom. The third-order valence-corrected chi connectivity index (χ3v) is 2.95. The molecule has 0 bridgehead atoms. The molecule has 0 aromatic carbocycles. The number of esters is 1. The van der Waals surface area contributed by atoms with Crippen LogP contribution in [0.15, 0.2) is 0 Å². The van der Waals surface area contributed by atoms with Gasteiger partial charge in [0.05, 0.1) is 25.7 Å². The molecule has 2 N–H and O–H groups in total. The highest BCUT2D eigenvalue weighted by atomic mass is 16.6. The third kappa shape index (κ3) is 6.00. The highest BCUT2D eigenvalue weighted by Crippen LogP contribution is 2.23. The Morgan fingerprint density at radius 3 is 2.71 bits per heavy atom. The van der Waals surface area contributed by atoms with Gasteiger partial charge in [-0.05, 0) is 19.3 Å². The van der Waals surface area contributed by atoms with Crippen LogP contribution in [0.4, 0.5) is 0 Å². The summed E-state index contributed by atoms with van der Waals surface area (Å²) in [4.78, 5) is 11.7. The first-order chi connectivity index (χ1) is 8.24. The molecule has 0 aromatic heterocycles. The molecular weight excluding hydrogens is 222 g/mol. The van der Waals surface area contributed by atoms with Crippen LogP contribution in [0.25, 0.3) is 0 Å². The molecule has 0 aromatic rings. The van der Waals surface area contributed by atoms with E-state index in [9.17, 15) is 4.79 Å². The molecule has 1 saturated carbocycles. The van der Waals surface area contributed by atoms with Crippen molar-refractivity contribution in [3.63, 3.8) is 0 Å². The topological polar surface area (TPSA) is 70.8 Å². The van der Waals surface area contributed by atoms with E-state index in [0.29, 0.717) is 26.4 Å². The van der Waals surface area contributed by atoms with Crippen LogP contribution in [0.5, 0.6) is 0 Å². The second-order valence-electron chi connectivity index (χ2n) is 4.40. The van der Waals surface area contributed by atoms with Crippen molar-refractivity contribution in [1.29, 1.82) is 0 Å². The van der Waals surface area contributed by atoms with Gasteiger partial charge in [-0.25, -0.2) is 0 Å². The minimum Gasteiger partial charge on any atom is -0.463 e. The van der Waals surface area contributed by atoms with E-state index in [1.165, 1.54) is 0 Å². The Morgan fingerprint density at radius 2 is 2.00 bits per heavy atom. The minimum atomic E-state index is -0.129. The summed E-state index contributed by atoms with van der Waals surface area (Å²) in [5, 5.41) is 0. The van der Waals surface area contributed by atoms with Gasteiger partial charge in [0.15, 0.2) is 0 Å². The molecular formula is C12H23NO4. The number of methoxy groups -OCH3 is 1. The van der Waals surface area contributed by atoms with E-state index in [1.807, 2.05) is 0 Å². The van der Waals surface area contributed by atoms with Gasteiger partial charge in [-0.15, -0.1) is 0 Å². The molecule has 1 fully saturated rings. The lowest BCUT2D eigenvalue weighted by atomic mass is 9.86. The van der Waals surface area contributed by atoms with E-state index in [1.54, 1.807) is 7.11 Å². The SMILES string of the molecule is COCCOCCOC(=O)C1CCCC(N)C1. The van der Waals surface area contributed by atoms with E-state index < -0.39 is 0 Å². The second-order valence-corrected chi connectivity index (χ2v) is 4.40. The van der Waals surface area contributed by atoms with Gasteiger partial charge >= 0.3 is 5.97 Å². The molecule has 0 radical (unpaired) electrons. The fourth-order valence-corrected chi connectivity index (χ4v) is 2.01. The number of hydrogen-bond donors (Lipinski definition) is 1. The van der Waals surface area contributed by atoms with Gasteiger partial charge in [-0.3, -0.25) is 4.79 Å². The molecule has 5 nitrogen and oxygen atoms in total. The van der Waals surface area contributed by atoms with Gasteiger partial charge in [0.1, 0.15) is 6.61 Å². The standard InChI is InChI=1S/C12H23NO4/c1-15-5-6-16-7-8-17-12(14)10-3-2-4-11(13)9-10/h10-11H,2-9,13H2,1H3. The molecule has 1 aliphatic rings. The summed E-state index contributed by atoms with van der Waals surface area (Å²) in [6.45, 7) is 1.83. The van der Waals surface area contributed by atoms with E-state index >= 15 is 0 Å². The van der Waals surface area contributed by atoms with Crippen LogP contribution in [0.3, 0.4) is 0 Å². The number of hydrogen-bond acceptors (Lipinski definition) is 5. The molecule has 2 atom stereocenters. The number of carbonyl (C=O) groups is 1. The predicted octanol–water partition coefficient (Wildman–Crippen LogP) is 0.710. The zero-order chi connectivity index (χ0) is 12.5. The van der Waals surface area contributed by atoms with Gasteiger partial charge in [0.25, 0.3) is 0 Å². The van der Waals surface area contributed by atoms with Gasteiger partial charge in [-0.2, -0.15) is 0 Å². The van der Waals surface area contributed by atoms with E-state index in [2.05, 4.69) is 0 Å². The van der Waals surface area contributed by atoms with Crippen LogP contribution < -0.4 is 5.73 Å². The van der Waals surface area contributed by atoms with Crippen LogP contribution in [-0.4, -0.2) is 45.5 Å². The summed E-state index contributed by atoms with van der Waals surface area (Å²) >= 11 is 0. The molecule has 0 heterocycles. The summed E-state index contributed by atoms with van der Waals surface area (Å²) in [7, 11) is 1.62. The van der Waals surface area contributed by atoms with Crippen molar-refractivity contribution in [2.24, 2.45) is 11.7 Å². The predicted molar refractivity (Wildman–Crippen MR) is 63.6 cm³/mol. The Labute approximate surface area is 103 Å². The van der Waals surface area contributed by atoms with Crippen LogP contribution in [-0.2, 0) is 19.0 Å². The average molecular weight is 245 g/mol. The van der Waals surface area contributed by atoms with Gasteiger partial charge in [0.2, 0.25) is 0 Å². The Kier molecular flexibility index (Phi) is 7.16. The van der Waals surface area contributed by atoms with Crippen molar-refractivity contribution in [2.45, 2.75) is 31.7 Å². The fourth-order valence-electron chi connectivity index (χ4n) is 2.01. The lowest BCUT2D eigenvalue weighted by Crippen LogP contribution is -2.32. The second kappa shape index (κ2) is 8.44. The van der Waals surface area contributed by atoms with Crippen molar-refractivity contribution < 1.29 is 19.0 Å². The normalized spacial score (nSPS) is 24.6. The molecule has 17 heavy (non-hydrogen) atoms. The van der Waals surface area contributed by atoms with Crippen molar-refractivity contribution in [1.82, 2.24) is 0 Å². The van der Waals surface area contributed by atoms with Crippen LogP contribution in [0.1, 0.15) is 25.7 Å². The highest BCUT2D eigenvalue weighted by molar-refractivity contribution is 5.72. The van der Waals surface area contributed by atoms with E-state index in [4.69, 9.17) is 19.9 Å². The molecule has 1 rings (SSSR count). The first-order valence-electron chi connectivity index (χ1n) is 6.23. The van der Waals surface area contributed by atoms with Crippen molar-refractivity contribution in [3.05, 3.63) is 0 Å². The first kappa shape index (κ1) is 14.4. The lowest BCUT2D eigenvalue weighted by Gasteiger charge is -2.24. The number of rotatable bonds is 7. The Balaban J connectivity index is 2.04. The molecule has 100 valence electrons. The first-order valence-corrected chi connectivity index (χ1v) is 6.23. The monoisotopic (exact) mass is 245 g/mol. The summed E-state index contributed by atoms with van der Waals surface area (Å²) < 4.78 is 15.2. The fraction of sp³-hybridized carbons (Fsp3) is 0.917. The quantitative estimate of drug-likeness (QED) is 0.528. The average Bonchev–Trinajstić information content (AvgIpc) is 2.33. The largest absolute Gasteiger partial charge is 0.463 e. The summed E-state index contributed by atoms with van der Waals surface area (Å²) in [5.74, 6) is -0.145. The molecule has 0 aliphatic heterocycles. The maximum Gasteiger partial charge on any atom is 0.309 e. The zero-order valence-corrected chi connectivity index (χ0v) is 10.5. The molecule has 2 unspecified atom stereocenters. The van der Waals surface area contributed by atoms with E-state index in [0.717, 1.165) is 25.7 Å². The lowest BCUT2D eigenvalue weighted by molar-refractivity contribution is -0.151. The maximum absolute atomic E-state index is 11.7. The maximum atomic E-state index is 11.7. The van der Waals surface area contributed by atoms with Gasteiger partial charge < -0.3 is 19.9 Å². The minimum absolute atomic E-state index is 0.0160. The van der Waals surface area contributed by atoms with Gasteiger partial charge in [0, 0.05) is 13.2 Å². The van der Waals surface area contributed by atoms with Crippen LogP contribution >= 0.6 is 0 Å². The molecule has 1 aliphatic carbocycles. The van der Waals surface area contributed by atoms with Crippen molar-refractivity contribution in [2.75, 3.05) is 33.5 Å². The number of nitrogens with two attached hydrogens (primary N) is 1. The summed E-state index contributed by atoms with van der Waals surface area (Å²) in [6, 6.07) is 0.152. The molecule has 0 amide bonds. The van der Waals surface area contributed by atoms with Crippen molar-refractivity contribution >= 4 is 5.97 Å². The number of ether oxygens (including phenoxy) is 3. The third-order valence-electron chi connectivity index (χ3n) is 2.95. The highest BCUT2D eigenvalue weighted by Gasteiger charge is 2.26. The zero-order valence-electron chi connectivity index (χ0n) is 10.5. The smallest absolute Gasteiger partial charge is 0.309 e. The summed E-state index contributed by atoms with van der Waals surface area (Å²) in [6.07, 6.45) is 3.69. The molecule has 0 saturated heterocycles. The van der Waals surface area contributed by atoms with Crippen molar-refractivity contribution in [3.8, 4) is 0 Å². The Hall–Kier alpha value is -0.650. The van der Waals surface area contributed by atoms with E-state index in [-0.39, 0.29) is 17.9 Å². The number of carbonyl (C=O) groups excluding carboxylic acids is 1. The molecule has 5 heteroatoms. The van der Waals surface area contributed by atoms with Crippen LogP contribution in [0, 0.1) is 5.92 Å². The Bertz CT molecular complexity index is 223. The summed E-state index contributed by atoms with van der Waals surface area (Å²) in [5.41, 5.74) is 5.83.